The summed E-state index contributed by atoms with van der Waals surface area (Å²) in [5.41, 5.74) is 0. The van der Waals surface area contributed by atoms with Crippen molar-refractivity contribution in [3.05, 3.63) is 0 Å². The smallest absolute Gasteiger partial charge is 0.00478 e. The van der Waals surface area contributed by atoms with Crippen LogP contribution in [0.25, 0.3) is 0 Å². The molecule has 0 spiro atoms. The summed E-state index contributed by atoms with van der Waals surface area (Å²) in [5.74, 6) is 1.43. The Morgan fingerprint density at radius 2 is 1.33 bits per heavy atom. The second-order valence-corrected chi connectivity index (χ2v) is 6.31. The molecule has 90 valence electrons. The first kappa shape index (κ1) is 13.4. The Hall–Kier alpha value is 0.350. The van der Waals surface area contributed by atoms with Crippen molar-refractivity contribution in [1.29, 1.82) is 0 Å². The quantitative estimate of drug-likeness (QED) is 0.426. The third-order valence-corrected chi connectivity index (χ3v) is 4.59. The summed E-state index contributed by atoms with van der Waals surface area (Å²) in [5, 5.41) is 1.07. The lowest BCUT2D eigenvalue weighted by molar-refractivity contribution is 0.573. The van der Waals surface area contributed by atoms with Gasteiger partial charge in [-0.05, 0) is 25.0 Å². The summed E-state index contributed by atoms with van der Waals surface area (Å²) >= 11 is 2.22. The van der Waals surface area contributed by atoms with E-state index in [1.54, 1.807) is 0 Å². The van der Waals surface area contributed by atoms with Gasteiger partial charge in [0, 0.05) is 5.25 Å². The van der Waals surface area contributed by atoms with Crippen LogP contribution in [0.4, 0.5) is 0 Å². The Kier molecular flexibility index (Phi) is 8.56. The first-order valence-electron chi connectivity index (χ1n) is 7.05. The zero-order valence-electron chi connectivity index (χ0n) is 10.5. The number of rotatable bonds is 11. The summed E-state index contributed by atoms with van der Waals surface area (Å²) in [6.07, 6.45) is 16.2. The van der Waals surface area contributed by atoms with Gasteiger partial charge in [-0.15, -0.1) is 0 Å². The average Bonchev–Trinajstić information content (AvgIpc) is 3.05. The maximum absolute atomic E-state index is 2.29. The van der Waals surface area contributed by atoms with E-state index >= 15 is 0 Å². The van der Waals surface area contributed by atoms with E-state index in [1.165, 1.54) is 76.4 Å². The third kappa shape index (κ3) is 9.29. The maximum atomic E-state index is 2.29. The highest BCUT2D eigenvalue weighted by Gasteiger charge is 2.20. The molecule has 1 aliphatic carbocycles. The molecule has 0 atom stereocenters. The summed E-state index contributed by atoms with van der Waals surface area (Å²) in [4.78, 5) is 0. The van der Waals surface area contributed by atoms with E-state index in [4.69, 9.17) is 0 Å². The number of unbranched alkanes of at least 4 members (excludes halogenated alkanes) is 8. The normalized spacial score (nSPS) is 15.8. The molecule has 1 heteroatoms. The molecule has 0 aromatic carbocycles. The van der Waals surface area contributed by atoms with Crippen LogP contribution in [0.5, 0.6) is 0 Å². The molecule has 0 aromatic heterocycles. The van der Waals surface area contributed by atoms with E-state index in [2.05, 4.69) is 18.7 Å². The van der Waals surface area contributed by atoms with Crippen molar-refractivity contribution >= 4 is 11.8 Å². The molecule has 0 amide bonds. The van der Waals surface area contributed by atoms with E-state index in [0.29, 0.717) is 0 Å². The van der Waals surface area contributed by atoms with Crippen LogP contribution in [-0.2, 0) is 0 Å². The van der Waals surface area contributed by atoms with Gasteiger partial charge in [0.1, 0.15) is 0 Å². The van der Waals surface area contributed by atoms with E-state index in [9.17, 15) is 0 Å². The van der Waals surface area contributed by atoms with Crippen LogP contribution in [0.15, 0.2) is 0 Å². The van der Waals surface area contributed by atoms with Gasteiger partial charge in [-0.1, -0.05) is 58.3 Å². The molecule has 1 fully saturated rings. The zero-order chi connectivity index (χ0) is 10.8. The molecular weight excluding hydrogens is 200 g/mol. The molecule has 15 heavy (non-hydrogen) atoms. The predicted octanol–water partition coefficient (Wildman–Crippen LogP) is 5.41. The topological polar surface area (TPSA) is 0 Å². The van der Waals surface area contributed by atoms with Gasteiger partial charge in [-0.2, -0.15) is 11.8 Å². The maximum Gasteiger partial charge on any atom is 0.00478 e. The largest absolute Gasteiger partial charge is 0.159 e. The van der Waals surface area contributed by atoms with Crippen molar-refractivity contribution in [2.45, 2.75) is 82.8 Å². The second kappa shape index (κ2) is 9.57. The number of thioether (sulfide) groups is 1. The molecular formula is C14H28S. The molecule has 1 rings (SSSR count). The van der Waals surface area contributed by atoms with Crippen LogP contribution in [0, 0.1) is 0 Å². The molecule has 1 aliphatic rings. The minimum atomic E-state index is 1.07. The van der Waals surface area contributed by atoms with Gasteiger partial charge >= 0.3 is 0 Å². The molecule has 0 N–H and O–H groups in total. The zero-order valence-corrected chi connectivity index (χ0v) is 11.3. The Labute approximate surface area is 101 Å². The van der Waals surface area contributed by atoms with Crippen LogP contribution >= 0.6 is 11.8 Å². The second-order valence-electron chi connectivity index (χ2n) is 4.90. The number of hydrogen-bond acceptors (Lipinski definition) is 1. The van der Waals surface area contributed by atoms with Crippen LogP contribution in [0.1, 0.15) is 77.6 Å². The van der Waals surface area contributed by atoms with Gasteiger partial charge in [0.05, 0.1) is 0 Å². The van der Waals surface area contributed by atoms with Gasteiger partial charge in [0.15, 0.2) is 0 Å². The highest BCUT2D eigenvalue weighted by atomic mass is 32.2. The molecule has 0 aromatic rings. The first-order valence-corrected chi connectivity index (χ1v) is 8.10. The summed E-state index contributed by atoms with van der Waals surface area (Å²) < 4.78 is 0. The fourth-order valence-electron chi connectivity index (χ4n) is 1.90. The first-order chi connectivity index (χ1) is 7.43. The van der Waals surface area contributed by atoms with Crippen molar-refractivity contribution < 1.29 is 0 Å². The monoisotopic (exact) mass is 228 g/mol. The lowest BCUT2D eigenvalue weighted by Crippen LogP contribution is -1.84. The van der Waals surface area contributed by atoms with Crippen LogP contribution < -0.4 is 0 Å². The molecule has 0 saturated heterocycles. The summed E-state index contributed by atoms with van der Waals surface area (Å²) in [7, 11) is 0. The highest BCUT2D eigenvalue weighted by molar-refractivity contribution is 8.00. The van der Waals surface area contributed by atoms with Gasteiger partial charge in [-0.25, -0.2) is 0 Å². The Balaban J connectivity index is 1.62. The van der Waals surface area contributed by atoms with Crippen molar-refractivity contribution in [3.63, 3.8) is 0 Å². The van der Waals surface area contributed by atoms with Crippen LogP contribution in [0.3, 0.4) is 0 Å². The molecule has 0 nitrogen and oxygen atoms in total. The minimum absolute atomic E-state index is 1.07. The Bertz CT molecular complexity index is 129. The lowest BCUT2D eigenvalue weighted by atomic mass is 10.1. The molecule has 0 unspecified atom stereocenters. The lowest BCUT2D eigenvalue weighted by Gasteiger charge is -2.01. The predicted molar refractivity (Wildman–Crippen MR) is 72.7 cm³/mol. The number of hydrogen-bond donors (Lipinski definition) is 0. The molecule has 0 radical (unpaired) electrons. The van der Waals surface area contributed by atoms with Crippen molar-refractivity contribution in [2.24, 2.45) is 0 Å². The van der Waals surface area contributed by atoms with Crippen molar-refractivity contribution in [1.82, 2.24) is 0 Å². The molecule has 0 aliphatic heterocycles. The minimum Gasteiger partial charge on any atom is -0.159 e. The van der Waals surface area contributed by atoms with Crippen molar-refractivity contribution in [3.8, 4) is 0 Å². The van der Waals surface area contributed by atoms with E-state index in [1.807, 2.05) is 0 Å². The average molecular weight is 228 g/mol. The van der Waals surface area contributed by atoms with E-state index in [0.717, 1.165) is 5.25 Å². The van der Waals surface area contributed by atoms with Crippen molar-refractivity contribution in [2.75, 3.05) is 5.75 Å². The SMILES string of the molecule is CCCCCCCCCCCSC1CC1. The summed E-state index contributed by atoms with van der Waals surface area (Å²) in [6, 6.07) is 0. The fourth-order valence-corrected chi connectivity index (χ4v) is 3.07. The van der Waals surface area contributed by atoms with Gasteiger partial charge in [0.25, 0.3) is 0 Å². The van der Waals surface area contributed by atoms with Gasteiger partial charge < -0.3 is 0 Å². The van der Waals surface area contributed by atoms with E-state index < -0.39 is 0 Å². The van der Waals surface area contributed by atoms with Gasteiger partial charge in [-0.3, -0.25) is 0 Å². The molecule has 1 saturated carbocycles. The Morgan fingerprint density at radius 3 is 1.87 bits per heavy atom. The van der Waals surface area contributed by atoms with Crippen LogP contribution in [0.2, 0.25) is 0 Å². The van der Waals surface area contributed by atoms with Crippen LogP contribution in [-0.4, -0.2) is 11.0 Å². The summed E-state index contributed by atoms with van der Waals surface area (Å²) in [6.45, 7) is 2.29. The van der Waals surface area contributed by atoms with Gasteiger partial charge in [0.2, 0.25) is 0 Å². The fraction of sp³-hybridized carbons (Fsp3) is 1.00. The Morgan fingerprint density at radius 1 is 0.800 bits per heavy atom. The highest BCUT2D eigenvalue weighted by Crippen LogP contribution is 2.34. The van der Waals surface area contributed by atoms with E-state index in [-0.39, 0.29) is 0 Å². The standard InChI is InChI=1S/C14H28S/c1-2-3-4-5-6-7-8-9-10-13-15-14-11-12-14/h14H,2-13H2,1H3. The third-order valence-electron chi connectivity index (χ3n) is 3.13. The molecule has 0 bridgehead atoms. The molecule has 0 heterocycles.